The van der Waals surface area contributed by atoms with Gasteiger partial charge in [0.25, 0.3) is 0 Å². The average Bonchev–Trinajstić information content (AvgIpc) is 1.97. The van der Waals surface area contributed by atoms with Crippen LogP contribution in [-0.2, 0) is 0 Å². The minimum absolute atomic E-state index is 0.0710. The molecule has 0 aliphatic heterocycles. The summed E-state index contributed by atoms with van der Waals surface area (Å²) in [5.41, 5.74) is -0.0710. The molecular formula is C7H3BrCl2F2. The van der Waals surface area contributed by atoms with E-state index in [2.05, 4.69) is 15.9 Å². The molecule has 0 unspecified atom stereocenters. The first-order chi connectivity index (χ1) is 5.54. The molecule has 1 rings (SSSR count). The third kappa shape index (κ3) is 1.90. The lowest BCUT2D eigenvalue weighted by Gasteiger charge is -2.06. The highest BCUT2D eigenvalue weighted by Crippen LogP contribution is 2.34. The van der Waals surface area contributed by atoms with E-state index in [1.54, 1.807) is 0 Å². The molecule has 1 aromatic rings. The fraction of sp³-hybridized carbons (Fsp3) is 0.143. The largest absolute Gasteiger partial charge is 0.204 e. The summed E-state index contributed by atoms with van der Waals surface area (Å²) in [5.74, 6) is -1.97. The van der Waals surface area contributed by atoms with Gasteiger partial charge in [0.2, 0.25) is 0 Å². The predicted molar refractivity (Wildman–Crippen MR) is 48.5 cm³/mol. The maximum Gasteiger partial charge on any atom is 0.165 e. The molecule has 0 aliphatic carbocycles. The van der Waals surface area contributed by atoms with E-state index in [0.717, 1.165) is 6.07 Å². The molecule has 12 heavy (non-hydrogen) atoms. The van der Waals surface area contributed by atoms with Crippen LogP contribution in [-0.4, -0.2) is 0 Å². The maximum absolute atomic E-state index is 12.9. The van der Waals surface area contributed by atoms with Crippen molar-refractivity contribution in [2.45, 2.75) is 4.84 Å². The highest BCUT2D eigenvalue weighted by Gasteiger charge is 2.17. The monoisotopic (exact) mass is 274 g/mol. The third-order valence-electron chi connectivity index (χ3n) is 1.30. The number of benzene rings is 1. The fourth-order valence-electron chi connectivity index (χ4n) is 0.743. The summed E-state index contributed by atoms with van der Waals surface area (Å²) in [6.07, 6.45) is 0. The van der Waals surface area contributed by atoms with Crippen molar-refractivity contribution in [2.75, 3.05) is 0 Å². The molecule has 0 spiro atoms. The van der Waals surface area contributed by atoms with Crippen LogP contribution in [0.1, 0.15) is 10.4 Å². The van der Waals surface area contributed by atoms with Crippen LogP contribution in [0.15, 0.2) is 16.6 Å². The SMILES string of the molecule is Fc1ccc(Br)c(C(Cl)Cl)c1F. The van der Waals surface area contributed by atoms with E-state index in [-0.39, 0.29) is 5.56 Å². The Bertz CT molecular complexity index is 302. The van der Waals surface area contributed by atoms with Crippen LogP contribution in [0.5, 0.6) is 0 Å². The molecule has 0 aliphatic rings. The van der Waals surface area contributed by atoms with Gasteiger partial charge in [-0.3, -0.25) is 0 Å². The first-order valence-electron chi connectivity index (χ1n) is 2.95. The van der Waals surface area contributed by atoms with Gasteiger partial charge in [-0.1, -0.05) is 39.1 Å². The predicted octanol–water partition coefficient (Wildman–Crippen LogP) is 4.20. The quantitative estimate of drug-likeness (QED) is 0.532. The van der Waals surface area contributed by atoms with Crippen LogP contribution in [0, 0.1) is 11.6 Å². The van der Waals surface area contributed by atoms with E-state index in [9.17, 15) is 8.78 Å². The van der Waals surface area contributed by atoms with Crippen LogP contribution in [0.4, 0.5) is 8.78 Å². The highest BCUT2D eigenvalue weighted by molar-refractivity contribution is 9.10. The fourth-order valence-corrected chi connectivity index (χ4v) is 1.97. The summed E-state index contributed by atoms with van der Waals surface area (Å²) in [6, 6.07) is 2.35. The molecule has 0 bridgehead atoms. The van der Waals surface area contributed by atoms with Gasteiger partial charge in [-0.25, -0.2) is 8.78 Å². The van der Waals surface area contributed by atoms with E-state index < -0.39 is 16.5 Å². The smallest absolute Gasteiger partial charge is 0.165 e. The molecule has 0 saturated heterocycles. The molecule has 1 aromatic carbocycles. The second-order valence-corrected chi connectivity index (χ2v) is 4.01. The standard InChI is InChI=1S/C7H3BrCl2F2/c8-3-1-2-4(11)6(12)5(3)7(9)10/h1-2,7H. The molecule has 66 valence electrons. The van der Waals surface area contributed by atoms with Crippen molar-refractivity contribution < 1.29 is 8.78 Å². The van der Waals surface area contributed by atoms with Gasteiger partial charge in [-0.2, -0.15) is 0 Å². The Hall–Kier alpha value is 0.140. The van der Waals surface area contributed by atoms with Gasteiger partial charge >= 0.3 is 0 Å². The summed E-state index contributed by atoms with van der Waals surface area (Å²) >= 11 is 13.8. The number of halogens is 5. The molecule has 0 nitrogen and oxygen atoms in total. The molecule has 0 saturated carbocycles. The molecular weight excluding hydrogens is 273 g/mol. The Kier molecular flexibility index (Phi) is 3.32. The van der Waals surface area contributed by atoms with Crippen molar-refractivity contribution in [3.8, 4) is 0 Å². The zero-order valence-electron chi connectivity index (χ0n) is 5.62. The number of hydrogen-bond acceptors (Lipinski definition) is 0. The van der Waals surface area contributed by atoms with Gasteiger partial charge in [0.05, 0.1) is 0 Å². The van der Waals surface area contributed by atoms with Gasteiger partial charge < -0.3 is 0 Å². The van der Waals surface area contributed by atoms with Crippen molar-refractivity contribution >= 4 is 39.1 Å². The van der Waals surface area contributed by atoms with E-state index >= 15 is 0 Å². The van der Waals surface area contributed by atoms with Crippen molar-refractivity contribution in [3.63, 3.8) is 0 Å². The molecule has 0 aromatic heterocycles. The summed E-state index contributed by atoms with van der Waals surface area (Å²) in [6.45, 7) is 0. The van der Waals surface area contributed by atoms with Gasteiger partial charge in [0, 0.05) is 10.0 Å². The normalized spacial score (nSPS) is 10.8. The van der Waals surface area contributed by atoms with E-state index in [1.165, 1.54) is 6.07 Å². The zero-order valence-corrected chi connectivity index (χ0v) is 8.72. The van der Waals surface area contributed by atoms with E-state index in [1.807, 2.05) is 0 Å². The Morgan fingerprint density at radius 3 is 2.25 bits per heavy atom. The minimum atomic E-state index is -1.07. The number of alkyl halides is 2. The summed E-state index contributed by atoms with van der Waals surface area (Å²) in [5, 5.41) is 0. The average molecular weight is 276 g/mol. The third-order valence-corrected chi connectivity index (χ3v) is 2.43. The lowest BCUT2D eigenvalue weighted by atomic mass is 10.2. The van der Waals surface area contributed by atoms with Crippen molar-refractivity contribution in [2.24, 2.45) is 0 Å². The van der Waals surface area contributed by atoms with Crippen LogP contribution in [0.2, 0.25) is 0 Å². The van der Waals surface area contributed by atoms with Crippen molar-refractivity contribution in [3.05, 3.63) is 33.8 Å². The van der Waals surface area contributed by atoms with Crippen LogP contribution in [0.3, 0.4) is 0 Å². The second kappa shape index (κ2) is 3.90. The van der Waals surface area contributed by atoms with Crippen molar-refractivity contribution in [1.29, 1.82) is 0 Å². The zero-order chi connectivity index (χ0) is 9.30. The molecule has 0 N–H and O–H groups in total. The van der Waals surface area contributed by atoms with E-state index in [4.69, 9.17) is 23.2 Å². The first-order valence-corrected chi connectivity index (χ1v) is 4.62. The molecule has 0 fully saturated rings. The minimum Gasteiger partial charge on any atom is -0.204 e. The van der Waals surface area contributed by atoms with Gasteiger partial charge in [-0.15, -0.1) is 0 Å². The van der Waals surface area contributed by atoms with Gasteiger partial charge in [-0.05, 0) is 12.1 Å². The van der Waals surface area contributed by atoms with Crippen LogP contribution < -0.4 is 0 Å². The van der Waals surface area contributed by atoms with Gasteiger partial charge in [0.15, 0.2) is 11.6 Å². The molecule has 5 heteroatoms. The molecule has 0 radical (unpaired) electrons. The van der Waals surface area contributed by atoms with Gasteiger partial charge in [0.1, 0.15) is 4.84 Å². The Balaban J connectivity index is 3.33. The van der Waals surface area contributed by atoms with Crippen LogP contribution >= 0.6 is 39.1 Å². The second-order valence-electron chi connectivity index (χ2n) is 2.06. The maximum atomic E-state index is 12.9. The van der Waals surface area contributed by atoms with E-state index in [0.29, 0.717) is 4.47 Å². The number of rotatable bonds is 1. The first kappa shape index (κ1) is 10.2. The molecule has 0 heterocycles. The lowest BCUT2D eigenvalue weighted by molar-refractivity contribution is 0.500. The topological polar surface area (TPSA) is 0 Å². The Labute approximate surface area is 86.6 Å². The van der Waals surface area contributed by atoms with Crippen LogP contribution in [0.25, 0.3) is 0 Å². The molecule has 0 atom stereocenters. The summed E-state index contributed by atoms with van der Waals surface area (Å²) in [7, 11) is 0. The molecule has 0 amide bonds. The Morgan fingerprint density at radius 2 is 1.83 bits per heavy atom. The highest BCUT2D eigenvalue weighted by atomic mass is 79.9. The number of hydrogen-bond donors (Lipinski definition) is 0. The summed E-state index contributed by atoms with van der Waals surface area (Å²) < 4.78 is 25.9. The van der Waals surface area contributed by atoms with Crippen molar-refractivity contribution in [1.82, 2.24) is 0 Å². The Morgan fingerprint density at radius 1 is 1.25 bits per heavy atom. The summed E-state index contributed by atoms with van der Waals surface area (Å²) in [4.78, 5) is -1.07. The lowest BCUT2D eigenvalue weighted by Crippen LogP contribution is -1.94.